The van der Waals surface area contributed by atoms with Gasteiger partial charge in [0.15, 0.2) is 5.13 Å². The van der Waals surface area contributed by atoms with Gasteiger partial charge >= 0.3 is 0 Å². The first kappa shape index (κ1) is 26.7. The van der Waals surface area contributed by atoms with Gasteiger partial charge in [-0.2, -0.15) is 0 Å². The molecule has 10 heteroatoms. The molecule has 0 radical (unpaired) electrons. The van der Waals surface area contributed by atoms with E-state index in [1.807, 2.05) is 24.4 Å². The quantitative estimate of drug-likeness (QED) is 0.425. The van der Waals surface area contributed by atoms with Crippen molar-refractivity contribution in [3.05, 3.63) is 33.0 Å². The molecule has 37 heavy (non-hydrogen) atoms. The predicted molar refractivity (Wildman–Crippen MR) is 145 cm³/mol. The standard InChI is InChI=1S/C27H38N4O4S2/c1-16(24(33)28-8-9-31-10-12-35-13-11-31)18-6-7-27(3)15-20-22(17(2)21(27)23(18)32)29-26(37-20)30-25(34)19-5-4-14-36-19/h4-5,14,16-18,21,23,32H,6-13,15H2,1-3H3,(H,28,33)(H,29,30,34)/p+1/t16-,17-,18-,21+,23-,27+/m0/s1. The minimum atomic E-state index is -0.571. The number of thiazole rings is 1. The first-order valence-electron chi connectivity index (χ1n) is 13.5. The molecule has 0 spiro atoms. The maximum absolute atomic E-state index is 13.0. The number of quaternary nitrogens is 1. The molecule has 3 heterocycles. The number of hydrogen-bond donors (Lipinski definition) is 4. The highest BCUT2D eigenvalue weighted by atomic mass is 32.1. The summed E-state index contributed by atoms with van der Waals surface area (Å²) in [5.41, 5.74) is 0.930. The normalized spacial score (nSPS) is 30.7. The predicted octanol–water partition coefficient (Wildman–Crippen LogP) is 2.18. The third kappa shape index (κ3) is 5.49. The Morgan fingerprint density at radius 1 is 1.35 bits per heavy atom. The summed E-state index contributed by atoms with van der Waals surface area (Å²) in [5, 5.41) is 20.3. The molecule has 2 fully saturated rings. The SMILES string of the molecule is C[C@H](C(=O)NCC[NH+]1CCOCC1)[C@@H]1CC[C@]2(C)Cc3sc(NC(=O)c4cccs4)nc3[C@@H](C)[C@@H]2[C@H]1O. The number of thiophene rings is 1. The van der Waals surface area contributed by atoms with E-state index in [1.54, 1.807) is 11.3 Å². The van der Waals surface area contributed by atoms with Crippen LogP contribution in [0.3, 0.4) is 0 Å². The Morgan fingerprint density at radius 3 is 2.86 bits per heavy atom. The number of rotatable bonds is 7. The lowest BCUT2D eigenvalue weighted by Crippen LogP contribution is -3.14. The van der Waals surface area contributed by atoms with Crippen LogP contribution in [0.15, 0.2) is 17.5 Å². The minimum absolute atomic E-state index is 0.0229. The number of amides is 2. The fraction of sp³-hybridized carbons (Fsp3) is 0.667. The van der Waals surface area contributed by atoms with Crippen LogP contribution in [0.1, 0.15) is 59.8 Å². The Hall–Kier alpha value is -1.85. The first-order chi connectivity index (χ1) is 17.8. The van der Waals surface area contributed by atoms with Gasteiger partial charge in [-0.1, -0.05) is 26.8 Å². The average molecular weight is 548 g/mol. The second-order valence-electron chi connectivity index (χ2n) is 11.3. The monoisotopic (exact) mass is 547 g/mol. The Kier molecular flexibility index (Phi) is 8.02. The van der Waals surface area contributed by atoms with Gasteiger partial charge in [0.1, 0.15) is 13.1 Å². The topological polar surface area (TPSA) is 105 Å². The Morgan fingerprint density at radius 2 is 2.14 bits per heavy atom. The maximum Gasteiger partial charge on any atom is 0.267 e. The Labute approximate surface area is 226 Å². The van der Waals surface area contributed by atoms with E-state index in [-0.39, 0.29) is 40.9 Å². The van der Waals surface area contributed by atoms with Crippen LogP contribution in [0, 0.1) is 23.2 Å². The highest BCUT2D eigenvalue weighted by Gasteiger charge is 2.53. The van der Waals surface area contributed by atoms with Gasteiger partial charge in [-0.05, 0) is 48.0 Å². The summed E-state index contributed by atoms with van der Waals surface area (Å²) in [6.45, 7) is 11.5. The summed E-state index contributed by atoms with van der Waals surface area (Å²) in [6, 6.07) is 3.67. The van der Waals surface area contributed by atoms with Gasteiger partial charge in [0, 0.05) is 16.7 Å². The van der Waals surface area contributed by atoms with Crippen LogP contribution in [0.25, 0.3) is 0 Å². The van der Waals surface area contributed by atoms with Crippen molar-refractivity contribution < 1.29 is 24.3 Å². The second-order valence-corrected chi connectivity index (χ2v) is 13.3. The number of aliphatic hydroxyl groups is 1. The lowest BCUT2D eigenvalue weighted by Gasteiger charge is -2.53. The lowest BCUT2D eigenvalue weighted by molar-refractivity contribution is -0.906. The van der Waals surface area contributed by atoms with Crippen LogP contribution < -0.4 is 15.5 Å². The molecule has 1 saturated carbocycles. The van der Waals surface area contributed by atoms with Crippen LogP contribution in [0.2, 0.25) is 0 Å². The highest BCUT2D eigenvalue weighted by Crippen LogP contribution is 2.57. The van der Waals surface area contributed by atoms with Crippen LogP contribution >= 0.6 is 22.7 Å². The number of ether oxygens (including phenoxy) is 1. The van der Waals surface area contributed by atoms with Crippen LogP contribution in [0.4, 0.5) is 5.13 Å². The molecule has 2 aliphatic carbocycles. The molecule has 8 nitrogen and oxygen atoms in total. The van der Waals surface area contributed by atoms with Gasteiger partial charge in [0.2, 0.25) is 5.91 Å². The van der Waals surface area contributed by atoms with Crippen molar-refractivity contribution in [2.75, 3.05) is 44.7 Å². The second kappa shape index (κ2) is 11.1. The van der Waals surface area contributed by atoms with E-state index in [4.69, 9.17) is 9.72 Å². The smallest absolute Gasteiger partial charge is 0.267 e. The fourth-order valence-corrected chi connectivity index (χ4v) is 8.67. The largest absolute Gasteiger partial charge is 0.392 e. The summed E-state index contributed by atoms with van der Waals surface area (Å²) < 4.78 is 5.41. The number of anilines is 1. The number of fused-ring (bicyclic) bond motifs is 2. The van der Waals surface area contributed by atoms with Crippen LogP contribution in [0.5, 0.6) is 0 Å². The van der Waals surface area contributed by atoms with Crippen molar-refractivity contribution in [3.63, 3.8) is 0 Å². The molecule has 0 unspecified atom stereocenters. The van der Waals surface area contributed by atoms with E-state index in [2.05, 4.69) is 24.5 Å². The number of nitrogens with zero attached hydrogens (tertiary/aromatic N) is 1. The molecule has 5 rings (SSSR count). The van der Waals surface area contributed by atoms with E-state index >= 15 is 0 Å². The molecule has 1 aliphatic heterocycles. The lowest BCUT2D eigenvalue weighted by atomic mass is 9.53. The summed E-state index contributed by atoms with van der Waals surface area (Å²) in [4.78, 5) is 33.8. The fourth-order valence-electron chi connectivity index (χ4n) is 6.79. The number of nitrogens with one attached hydrogen (secondary N) is 3. The van der Waals surface area contributed by atoms with Crippen LogP contribution in [-0.2, 0) is 16.0 Å². The minimum Gasteiger partial charge on any atom is -0.392 e. The molecule has 202 valence electrons. The molecule has 4 N–H and O–H groups in total. The van der Waals surface area contributed by atoms with Crippen molar-refractivity contribution in [2.45, 2.75) is 52.1 Å². The summed E-state index contributed by atoms with van der Waals surface area (Å²) in [5.74, 6) is -0.340. The number of carbonyl (C=O) groups excluding carboxylic acids is 2. The third-order valence-electron chi connectivity index (χ3n) is 8.92. The molecule has 0 aromatic carbocycles. The maximum atomic E-state index is 13.0. The zero-order chi connectivity index (χ0) is 26.2. The van der Waals surface area contributed by atoms with Crippen molar-refractivity contribution in [3.8, 4) is 0 Å². The molecule has 0 bridgehead atoms. The van der Waals surface area contributed by atoms with E-state index in [0.29, 0.717) is 16.6 Å². The zero-order valence-corrected chi connectivity index (χ0v) is 23.6. The van der Waals surface area contributed by atoms with Gasteiger partial charge < -0.3 is 20.1 Å². The molecule has 2 aromatic rings. The zero-order valence-electron chi connectivity index (χ0n) is 21.9. The number of morpholine rings is 1. The molecular formula is C27H39N4O4S2+. The van der Waals surface area contributed by atoms with Gasteiger partial charge in [-0.25, -0.2) is 4.98 Å². The number of aliphatic hydroxyl groups excluding tert-OH is 1. The van der Waals surface area contributed by atoms with E-state index in [9.17, 15) is 14.7 Å². The Bertz CT molecular complexity index is 1100. The number of carbonyl (C=O) groups is 2. The van der Waals surface area contributed by atoms with Crippen molar-refractivity contribution in [2.24, 2.45) is 23.2 Å². The van der Waals surface area contributed by atoms with Gasteiger partial charge in [-0.3, -0.25) is 14.9 Å². The van der Waals surface area contributed by atoms with Crippen molar-refractivity contribution in [1.82, 2.24) is 10.3 Å². The molecule has 2 aromatic heterocycles. The van der Waals surface area contributed by atoms with E-state index in [0.717, 1.165) is 57.8 Å². The Balaban J connectivity index is 1.24. The summed E-state index contributed by atoms with van der Waals surface area (Å²) in [6.07, 6.45) is 2.07. The van der Waals surface area contributed by atoms with Crippen molar-refractivity contribution in [1.29, 1.82) is 0 Å². The molecule has 3 aliphatic rings. The molecule has 2 amide bonds. The van der Waals surface area contributed by atoms with E-state index < -0.39 is 6.10 Å². The highest BCUT2D eigenvalue weighted by molar-refractivity contribution is 7.16. The van der Waals surface area contributed by atoms with Gasteiger partial charge in [0.05, 0.1) is 43.0 Å². The van der Waals surface area contributed by atoms with Crippen molar-refractivity contribution >= 4 is 39.6 Å². The number of hydrogen-bond acceptors (Lipinski definition) is 7. The number of aromatic nitrogens is 1. The molecule has 1 saturated heterocycles. The van der Waals surface area contributed by atoms with Crippen LogP contribution in [-0.4, -0.2) is 67.4 Å². The first-order valence-corrected chi connectivity index (χ1v) is 15.2. The summed E-state index contributed by atoms with van der Waals surface area (Å²) >= 11 is 2.97. The molecular weight excluding hydrogens is 508 g/mol. The molecule has 6 atom stereocenters. The summed E-state index contributed by atoms with van der Waals surface area (Å²) in [7, 11) is 0. The van der Waals surface area contributed by atoms with Gasteiger partial charge in [-0.15, -0.1) is 22.7 Å². The van der Waals surface area contributed by atoms with Gasteiger partial charge in [0.25, 0.3) is 5.91 Å². The average Bonchev–Trinajstić information content (AvgIpc) is 3.54. The van der Waals surface area contributed by atoms with E-state index in [1.165, 1.54) is 21.1 Å². The third-order valence-corrected chi connectivity index (χ3v) is 10.8.